The number of amides is 1. The lowest BCUT2D eigenvalue weighted by Gasteiger charge is -2.06. The summed E-state index contributed by atoms with van der Waals surface area (Å²) in [4.78, 5) is 10.6. The van der Waals surface area contributed by atoms with Gasteiger partial charge in [0.05, 0.1) is 6.61 Å². The molecular formula is C5H13N3O4S. The van der Waals surface area contributed by atoms with Gasteiger partial charge in [0.2, 0.25) is 0 Å². The van der Waals surface area contributed by atoms with Crippen LogP contribution in [0.15, 0.2) is 0 Å². The maximum Gasteiger partial charge on any atom is 0.421 e. The van der Waals surface area contributed by atoms with Crippen LogP contribution in [0.2, 0.25) is 0 Å². The smallest absolute Gasteiger partial charge is 0.421 e. The van der Waals surface area contributed by atoms with Crippen LogP contribution < -0.4 is 15.2 Å². The second kappa shape index (κ2) is 5.73. The van der Waals surface area contributed by atoms with Gasteiger partial charge in [-0.1, -0.05) is 0 Å². The van der Waals surface area contributed by atoms with Crippen molar-refractivity contribution in [2.24, 2.45) is 5.73 Å². The van der Waals surface area contributed by atoms with Gasteiger partial charge in [-0.05, 0) is 6.92 Å². The molecule has 0 unspecified atom stereocenters. The van der Waals surface area contributed by atoms with Gasteiger partial charge in [0, 0.05) is 13.1 Å². The Bertz CT molecular complexity index is 251. The largest absolute Gasteiger partial charge is 0.449 e. The molecule has 0 atom stereocenters. The highest BCUT2D eigenvalue weighted by molar-refractivity contribution is 7.88. The maximum atomic E-state index is 10.9. The summed E-state index contributed by atoms with van der Waals surface area (Å²) in [5.41, 5.74) is 5.05. The van der Waals surface area contributed by atoms with Gasteiger partial charge < -0.3 is 10.5 Å². The molecule has 0 bridgehead atoms. The molecule has 78 valence electrons. The van der Waals surface area contributed by atoms with E-state index in [1.807, 2.05) is 4.72 Å². The van der Waals surface area contributed by atoms with Crippen molar-refractivity contribution in [2.45, 2.75) is 6.92 Å². The number of carbonyl (C=O) groups is 1. The van der Waals surface area contributed by atoms with Gasteiger partial charge in [0.15, 0.2) is 0 Å². The van der Waals surface area contributed by atoms with Crippen LogP contribution >= 0.6 is 0 Å². The van der Waals surface area contributed by atoms with E-state index in [-0.39, 0.29) is 19.7 Å². The van der Waals surface area contributed by atoms with Crippen molar-refractivity contribution < 1.29 is 17.9 Å². The van der Waals surface area contributed by atoms with E-state index in [9.17, 15) is 13.2 Å². The van der Waals surface area contributed by atoms with Gasteiger partial charge in [-0.25, -0.2) is 9.52 Å². The van der Waals surface area contributed by atoms with Gasteiger partial charge in [-0.2, -0.15) is 13.1 Å². The molecule has 0 aliphatic rings. The summed E-state index contributed by atoms with van der Waals surface area (Å²) >= 11 is 0. The lowest BCUT2D eigenvalue weighted by molar-refractivity contribution is 0.158. The quantitative estimate of drug-likeness (QED) is 0.514. The first-order valence-corrected chi connectivity index (χ1v) is 5.14. The summed E-state index contributed by atoms with van der Waals surface area (Å²) in [6, 6.07) is 0. The van der Waals surface area contributed by atoms with Crippen LogP contribution in [-0.2, 0) is 14.9 Å². The van der Waals surface area contributed by atoms with E-state index in [0.717, 1.165) is 0 Å². The molecule has 0 saturated heterocycles. The molecule has 1 amide bonds. The molecule has 0 radical (unpaired) electrons. The Balaban J connectivity index is 3.95. The number of hydrogen-bond donors (Lipinski definition) is 3. The first kappa shape index (κ1) is 12.1. The summed E-state index contributed by atoms with van der Waals surface area (Å²) in [7, 11) is -3.82. The highest BCUT2D eigenvalue weighted by Gasteiger charge is 2.12. The van der Waals surface area contributed by atoms with Crippen LogP contribution in [0.1, 0.15) is 6.92 Å². The highest BCUT2D eigenvalue weighted by atomic mass is 32.2. The molecule has 13 heavy (non-hydrogen) atoms. The Morgan fingerprint density at radius 3 is 2.62 bits per heavy atom. The summed E-state index contributed by atoms with van der Waals surface area (Å²) in [6.07, 6.45) is -1.01. The molecule has 0 aromatic rings. The molecular weight excluding hydrogens is 198 g/mol. The minimum absolute atomic E-state index is 0.0642. The SMILES string of the molecule is CCOC(=O)NS(=O)(=O)NCCN. The lowest BCUT2D eigenvalue weighted by Crippen LogP contribution is -2.42. The molecule has 0 saturated carbocycles. The summed E-state index contributed by atoms with van der Waals surface area (Å²) in [5.74, 6) is 0. The second-order valence-corrected chi connectivity index (χ2v) is 3.51. The van der Waals surface area contributed by atoms with Crippen molar-refractivity contribution in [1.82, 2.24) is 9.44 Å². The van der Waals surface area contributed by atoms with Gasteiger partial charge in [-0.3, -0.25) is 0 Å². The zero-order valence-electron chi connectivity index (χ0n) is 7.24. The van der Waals surface area contributed by atoms with Gasteiger partial charge >= 0.3 is 16.3 Å². The molecule has 0 rings (SSSR count). The predicted molar refractivity (Wildman–Crippen MR) is 46.1 cm³/mol. The van der Waals surface area contributed by atoms with Gasteiger partial charge in [0.25, 0.3) is 0 Å². The van der Waals surface area contributed by atoms with Crippen molar-refractivity contribution >= 4 is 16.3 Å². The molecule has 0 aliphatic heterocycles. The van der Waals surface area contributed by atoms with Crippen LogP contribution in [0.3, 0.4) is 0 Å². The maximum absolute atomic E-state index is 10.9. The highest BCUT2D eigenvalue weighted by Crippen LogP contribution is 1.80. The van der Waals surface area contributed by atoms with Crippen LogP contribution in [0.25, 0.3) is 0 Å². The first-order chi connectivity index (χ1) is 6.02. The molecule has 4 N–H and O–H groups in total. The van der Waals surface area contributed by atoms with E-state index < -0.39 is 16.3 Å². The van der Waals surface area contributed by atoms with Crippen molar-refractivity contribution in [3.8, 4) is 0 Å². The Hall–Kier alpha value is -0.860. The third-order valence-corrected chi connectivity index (χ3v) is 1.95. The minimum Gasteiger partial charge on any atom is -0.449 e. The van der Waals surface area contributed by atoms with E-state index >= 15 is 0 Å². The Kier molecular flexibility index (Phi) is 5.35. The number of nitrogens with one attached hydrogen (secondary N) is 2. The summed E-state index contributed by atoms with van der Waals surface area (Å²) in [6.45, 7) is 1.90. The molecule has 0 aromatic heterocycles. The topological polar surface area (TPSA) is 111 Å². The van der Waals surface area contributed by atoms with Crippen LogP contribution in [0, 0.1) is 0 Å². The Morgan fingerprint density at radius 1 is 1.54 bits per heavy atom. The van der Waals surface area contributed by atoms with E-state index in [1.165, 1.54) is 0 Å². The number of nitrogens with two attached hydrogens (primary N) is 1. The number of ether oxygens (including phenoxy) is 1. The van der Waals surface area contributed by atoms with Crippen LogP contribution in [0.4, 0.5) is 4.79 Å². The average Bonchev–Trinajstić information content (AvgIpc) is 2.00. The van der Waals surface area contributed by atoms with E-state index in [4.69, 9.17) is 5.73 Å². The number of carbonyl (C=O) groups excluding carboxylic acids is 1. The third kappa shape index (κ3) is 6.31. The minimum atomic E-state index is -3.82. The number of rotatable bonds is 5. The van der Waals surface area contributed by atoms with E-state index in [2.05, 4.69) is 4.74 Å². The molecule has 0 spiro atoms. The van der Waals surface area contributed by atoms with Crippen LogP contribution in [0.5, 0.6) is 0 Å². The predicted octanol–water partition coefficient (Wildman–Crippen LogP) is -1.47. The zero-order valence-corrected chi connectivity index (χ0v) is 8.06. The standard InChI is InChI=1S/C5H13N3O4S/c1-2-12-5(9)8-13(10,11)7-4-3-6/h7H,2-4,6H2,1H3,(H,8,9). The molecule has 7 nitrogen and oxygen atoms in total. The summed E-state index contributed by atoms with van der Waals surface area (Å²) in [5, 5.41) is 0. The number of hydrogen-bond acceptors (Lipinski definition) is 5. The van der Waals surface area contributed by atoms with E-state index in [1.54, 1.807) is 11.6 Å². The van der Waals surface area contributed by atoms with Gasteiger partial charge in [-0.15, -0.1) is 0 Å². The second-order valence-electron chi connectivity index (χ2n) is 2.01. The molecule has 0 heterocycles. The zero-order chi connectivity index (χ0) is 10.3. The van der Waals surface area contributed by atoms with Crippen molar-refractivity contribution in [3.05, 3.63) is 0 Å². The Labute approximate surface area is 76.8 Å². The third-order valence-electron chi connectivity index (χ3n) is 0.930. The van der Waals surface area contributed by atoms with Crippen molar-refractivity contribution in [1.29, 1.82) is 0 Å². The summed E-state index contributed by atoms with van der Waals surface area (Å²) < 4.78 is 29.8. The molecule has 0 aliphatic carbocycles. The monoisotopic (exact) mass is 211 g/mol. The van der Waals surface area contributed by atoms with Crippen molar-refractivity contribution in [2.75, 3.05) is 19.7 Å². The fourth-order valence-corrected chi connectivity index (χ4v) is 1.24. The normalized spacial score (nSPS) is 10.9. The fourth-order valence-electron chi connectivity index (χ4n) is 0.500. The lowest BCUT2D eigenvalue weighted by atomic mass is 10.7. The Morgan fingerprint density at radius 2 is 2.15 bits per heavy atom. The molecule has 0 aromatic carbocycles. The first-order valence-electron chi connectivity index (χ1n) is 3.66. The van der Waals surface area contributed by atoms with Crippen molar-refractivity contribution in [3.63, 3.8) is 0 Å². The molecule has 0 fully saturated rings. The van der Waals surface area contributed by atoms with Gasteiger partial charge in [0.1, 0.15) is 0 Å². The molecule has 8 heteroatoms. The van der Waals surface area contributed by atoms with E-state index in [0.29, 0.717) is 0 Å². The average molecular weight is 211 g/mol. The van der Waals surface area contributed by atoms with Crippen LogP contribution in [-0.4, -0.2) is 34.2 Å². The fraction of sp³-hybridized carbons (Fsp3) is 0.800.